The van der Waals surface area contributed by atoms with Crippen LogP contribution in [0.15, 0.2) is 29.6 Å². The molecule has 16 heavy (non-hydrogen) atoms. The molecule has 0 aliphatic rings. The van der Waals surface area contributed by atoms with Crippen molar-refractivity contribution in [2.24, 2.45) is 0 Å². The molecule has 0 aliphatic carbocycles. The molecule has 0 unspecified atom stereocenters. The zero-order chi connectivity index (χ0) is 12.0. The van der Waals surface area contributed by atoms with Crippen LogP contribution in [0.4, 0.5) is 0 Å². The zero-order valence-corrected chi connectivity index (χ0v) is 10.5. The van der Waals surface area contributed by atoms with Gasteiger partial charge in [0, 0.05) is 12.8 Å². The molecule has 0 saturated heterocycles. The second-order valence-corrected chi connectivity index (χ2v) is 4.29. The summed E-state index contributed by atoms with van der Waals surface area (Å²) in [6.07, 6.45) is 7.41. The third kappa shape index (κ3) is 4.82. The third-order valence-corrected chi connectivity index (χ3v) is 2.06. The molecule has 0 aliphatic heterocycles. The molecule has 1 heterocycles. The maximum atomic E-state index is 4.41. The molecule has 0 saturated carbocycles. The molecule has 0 amide bonds. The first-order chi connectivity index (χ1) is 7.58. The Morgan fingerprint density at radius 1 is 0.938 bits per heavy atom. The van der Waals surface area contributed by atoms with E-state index in [1.165, 1.54) is 11.1 Å². The first-order valence-electron chi connectivity index (χ1n) is 5.51. The highest BCUT2D eigenvalue weighted by Gasteiger charge is 1.98. The fourth-order valence-electron chi connectivity index (χ4n) is 1.16. The van der Waals surface area contributed by atoms with Crippen molar-refractivity contribution in [3.8, 4) is 0 Å². The van der Waals surface area contributed by atoms with Gasteiger partial charge in [-0.2, -0.15) is 0 Å². The Morgan fingerprint density at radius 3 is 1.75 bits per heavy atom. The van der Waals surface area contributed by atoms with Gasteiger partial charge in [-0.15, -0.1) is 0 Å². The minimum Gasteiger partial charge on any atom is -0.221 e. The predicted octanol–water partition coefficient (Wildman–Crippen LogP) is 2.89. The van der Waals surface area contributed by atoms with Gasteiger partial charge >= 0.3 is 0 Å². The van der Waals surface area contributed by atoms with Crippen LogP contribution in [0.5, 0.6) is 0 Å². The van der Waals surface area contributed by atoms with E-state index in [2.05, 4.69) is 54.8 Å². The van der Waals surface area contributed by atoms with Crippen LogP contribution in [0.3, 0.4) is 0 Å². The van der Waals surface area contributed by atoms with Crippen molar-refractivity contribution in [3.63, 3.8) is 0 Å². The summed E-state index contributed by atoms with van der Waals surface area (Å²) in [6.45, 7) is 8.30. The highest BCUT2D eigenvalue weighted by Crippen LogP contribution is 2.00. The van der Waals surface area contributed by atoms with E-state index >= 15 is 0 Å². The van der Waals surface area contributed by atoms with Crippen molar-refractivity contribution in [2.75, 3.05) is 0 Å². The van der Waals surface area contributed by atoms with Crippen LogP contribution >= 0.6 is 0 Å². The largest absolute Gasteiger partial charge is 0.221 e. The van der Waals surface area contributed by atoms with Gasteiger partial charge in [0.2, 0.25) is 0 Å². The van der Waals surface area contributed by atoms with E-state index in [0.29, 0.717) is 0 Å². The van der Waals surface area contributed by atoms with E-state index in [-0.39, 0.29) is 0 Å². The average molecular weight is 217 g/mol. The Balaban J connectivity index is 2.71. The van der Waals surface area contributed by atoms with E-state index in [1.807, 2.05) is 0 Å². The molecule has 1 aromatic heterocycles. The molecule has 0 bridgehead atoms. The maximum absolute atomic E-state index is 4.41. The molecule has 0 spiro atoms. The van der Waals surface area contributed by atoms with Crippen LogP contribution in [0.2, 0.25) is 0 Å². The van der Waals surface area contributed by atoms with Crippen molar-refractivity contribution in [2.45, 2.75) is 40.5 Å². The summed E-state index contributed by atoms with van der Waals surface area (Å²) in [6, 6.07) is 0. The van der Waals surface area contributed by atoms with Gasteiger partial charge in [-0.25, -0.2) is 15.0 Å². The van der Waals surface area contributed by atoms with Crippen LogP contribution in [-0.4, -0.2) is 15.0 Å². The molecule has 0 N–H and O–H groups in total. The van der Waals surface area contributed by atoms with Crippen molar-refractivity contribution in [1.82, 2.24) is 15.0 Å². The second kappa shape index (κ2) is 6.16. The maximum Gasteiger partial charge on any atom is 0.136 e. The van der Waals surface area contributed by atoms with E-state index in [4.69, 9.17) is 0 Å². The summed E-state index contributed by atoms with van der Waals surface area (Å²) in [7, 11) is 0. The number of hydrogen-bond donors (Lipinski definition) is 0. The molecule has 86 valence electrons. The Labute approximate surface area is 97.4 Å². The smallest absolute Gasteiger partial charge is 0.136 e. The fraction of sp³-hybridized carbons (Fsp3) is 0.462. The first kappa shape index (κ1) is 12.6. The Hall–Kier alpha value is -1.51. The summed E-state index contributed by atoms with van der Waals surface area (Å²) in [5.74, 6) is 1.68. The van der Waals surface area contributed by atoms with Gasteiger partial charge in [0.1, 0.15) is 18.0 Å². The normalized spacial score (nSPS) is 9.75. The standard InChI is InChI=1S/C13H19N3/c1-10(2)5-7-12-14-9-15-13(16-12)8-6-11(3)4/h5-6,9H,7-8H2,1-4H3. The second-order valence-electron chi connectivity index (χ2n) is 4.29. The highest BCUT2D eigenvalue weighted by atomic mass is 15.0. The molecule has 3 heteroatoms. The lowest BCUT2D eigenvalue weighted by atomic mass is 10.2. The molecule has 0 radical (unpaired) electrons. The first-order valence-corrected chi connectivity index (χ1v) is 5.51. The van der Waals surface area contributed by atoms with Gasteiger partial charge in [-0.05, 0) is 27.7 Å². The fourth-order valence-corrected chi connectivity index (χ4v) is 1.16. The number of aromatic nitrogens is 3. The molecule has 0 aromatic carbocycles. The molecule has 0 atom stereocenters. The average Bonchev–Trinajstić information content (AvgIpc) is 2.24. The SMILES string of the molecule is CC(C)=CCc1ncnc(CC=C(C)C)n1. The minimum atomic E-state index is 0.784. The van der Waals surface area contributed by atoms with Crippen LogP contribution in [0, 0.1) is 0 Å². The lowest BCUT2D eigenvalue weighted by molar-refractivity contribution is 0.859. The topological polar surface area (TPSA) is 38.7 Å². The molecule has 1 aromatic rings. The third-order valence-electron chi connectivity index (χ3n) is 2.06. The molecular weight excluding hydrogens is 198 g/mol. The van der Waals surface area contributed by atoms with Gasteiger partial charge in [0.05, 0.1) is 0 Å². The Morgan fingerprint density at radius 2 is 1.38 bits per heavy atom. The summed E-state index contributed by atoms with van der Waals surface area (Å²) < 4.78 is 0. The van der Waals surface area contributed by atoms with Crippen LogP contribution in [0.25, 0.3) is 0 Å². The van der Waals surface area contributed by atoms with E-state index < -0.39 is 0 Å². The lowest BCUT2D eigenvalue weighted by Gasteiger charge is -1.99. The van der Waals surface area contributed by atoms with Gasteiger partial charge in [0.25, 0.3) is 0 Å². The van der Waals surface area contributed by atoms with Crippen molar-refractivity contribution >= 4 is 0 Å². The summed E-state index contributed by atoms with van der Waals surface area (Å²) in [5, 5.41) is 0. The quantitative estimate of drug-likeness (QED) is 0.728. The Bertz CT molecular complexity index is 362. The summed E-state index contributed by atoms with van der Waals surface area (Å²) in [5.41, 5.74) is 2.57. The van der Waals surface area contributed by atoms with E-state index in [0.717, 1.165) is 24.5 Å². The molecule has 1 rings (SSSR count). The van der Waals surface area contributed by atoms with Gasteiger partial charge in [-0.3, -0.25) is 0 Å². The van der Waals surface area contributed by atoms with Crippen LogP contribution in [0.1, 0.15) is 39.3 Å². The van der Waals surface area contributed by atoms with Gasteiger partial charge in [-0.1, -0.05) is 23.3 Å². The molecular formula is C13H19N3. The molecule has 3 nitrogen and oxygen atoms in total. The number of rotatable bonds is 4. The minimum absolute atomic E-state index is 0.784. The van der Waals surface area contributed by atoms with Crippen molar-refractivity contribution in [3.05, 3.63) is 41.3 Å². The van der Waals surface area contributed by atoms with Crippen molar-refractivity contribution in [1.29, 1.82) is 0 Å². The number of nitrogens with zero attached hydrogens (tertiary/aromatic N) is 3. The van der Waals surface area contributed by atoms with E-state index in [1.54, 1.807) is 6.33 Å². The lowest BCUT2D eigenvalue weighted by Crippen LogP contribution is -2.00. The van der Waals surface area contributed by atoms with Gasteiger partial charge < -0.3 is 0 Å². The van der Waals surface area contributed by atoms with Crippen LogP contribution in [-0.2, 0) is 12.8 Å². The van der Waals surface area contributed by atoms with Crippen molar-refractivity contribution < 1.29 is 0 Å². The Kier molecular flexibility index (Phi) is 4.83. The summed E-state index contributed by atoms with van der Waals surface area (Å²) >= 11 is 0. The van der Waals surface area contributed by atoms with Gasteiger partial charge in [0.15, 0.2) is 0 Å². The summed E-state index contributed by atoms with van der Waals surface area (Å²) in [4.78, 5) is 12.7. The monoisotopic (exact) mass is 217 g/mol. The zero-order valence-electron chi connectivity index (χ0n) is 10.5. The number of allylic oxidation sites excluding steroid dienone is 4. The van der Waals surface area contributed by atoms with E-state index in [9.17, 15) is 0 Å². The predicted molar refractivity (Wildman–Crippen MR) is 66.1 cm³/mol. The highest BCUT2D eigenvalue weighted by molar-refractivity contribution is 5.05. The number of hydrogen-bond acceptors (Lipinski definition) is 3. The molecule has 0 fully saturated rings. The van der Waals surface area contributed by atoms with Crippen LogP contribution < -0.4 is 0 Å².